The zero-order valence-corrected chi connectivity index (χ0v) is 9.24. The summed E-state index contributed by atoms with van der Waals surface area (Å²) in [5.41, 5.74) is -0.336. The van der Waals surface area contributed by atoms with Crippen molar-refractivity contribution in [1.82, 2.24) is 0 Å². The van der Waals surface area contributed by atoms with Gasteiger partial charge in [-0.15, -0.1) is 0 Å². The maximum Gasteiger partial charge on any atom is 0.315 e. The number of esters is 1. The molecule has 1 aliphatic carbocycles. The first-order chi connectivity index (χ1) is 5.10. The lowest BCUT2D eigenvalue weighted by Gasteiger charge is -2.05. The molecule has 0 amide bonds. The van der Waals surface area contributed by atoms with E-state index in [0.717, 1.165) is 16.2 Å². The van der Waals surface area contributed by atoms with Crippen molar-refractivity contribution in [2.75, 3.05) is 7.11 Å². The van der Waals surface area contributed by atoms with Crippen LogP contribution in [0.5, 0.6) is 0 Å². The highest BCUT2D eigenvalue weighted by atomic mass is 79.9. The Labute approximate surface area is 82.2 Å². The third-order valence-electron chi connectivity index (χ3n) is 1.77. The maximum atomic E-state index is 11.1. The first-order valence-electron chi connectivity index (χ1n) is 3.23. The predicted octanol–water partition coefficient (Wildman–Crippen LogP) is 2.57. The van der Waals surface area contributed by atoms with Crippen LogP contribution in [0, 0.1) is 5.41 Å². The van der Waals surface area contributed by atoms with Crippen LogP contribution in [-0.4, -0.2) is 13.1 Å². The first kappa shape index (κ1) is 9.26. The number of rotatable bonds is 2. The molecule has 62 valence electrons. The summed E-state index contributed by atoms with van der Waals surface area (Å²) in [6.45, 7) is 0. The van der Waals surface area contributed by atoms with Crippen molar-refractivity contribution in [1.29, 1.82) is 0 Å². The lowest BCUT2D eigenvalue weighted by molar-refractivity contribution is -0.145. The van der Waals surface area contributed by atoms with Crippen molar-refractivity contribution in [3.05, 3.63) is 9.47 Å². The highest BCUT2D eigenvalue weighted by Gasteiger charge is 2.49. The van der Waals surface area contributed by atoms with Crippen LogP contribution in [-0.2, 0) is 9.53 Å². The summed E-state index contributed by atoms with van der Waals surface area (Å²) >= 11 is 6.44. The molecule has 0 N–H and O–H groups in total. The molecule has 0 aromatic rings. The molecule has 0 saturated heterocycles. The van der Waals surface area contributed by atoms with Gasteiger partial charge in [-0.05, 0) is 50.8 Å². The van der Waals surface area contributed by atoms with E-state index in [1.54, 1.807) is 0 Å². The van der Waals surface area contributed by atoms with E-state index in [1.165, 1.54) is 7.11 Å². The minimum Gasteiger partial charge on any atom is -0.468 e. The summed E-state index contributed by atoms with van der Waals surface area (Å²) < 4.78 is 5.47. The van der Waals surface area contributed by atoms with Gasteiger partial charge in [-0.3, -0.25) is 4.79 Å². The van der Waals surface area contributed by atoms with Gasteiger partial charge in [0, 0.05) is 0 Å². The minimum atomic E-state index is -0.336. The van der Waals surface area contributed by atoms with Crippen molar-refractivity contribution < 1.29 is 9.53 Å². The zero-order chi connectivity index (χ0) is 8.48. The topological polar surface area (TPSA) is 26.3 Å². The first-order valence-corrected chi connectivity index (χ1v) is 4.81. The lowest BCUT2D eigenvalue weighted by Crippen LogP contribution is -2.14. The summed E-state index contributed by atoms with van der Waals surface area (Å²) in [7, 11) is 1.42. The second-order valence-corrected chi connectivity index (χ2v) is 5.35. The van der Waals surface area contributed by atoms with Gasteiger partial charge in [-0.2, -0.15) is 0 Å². The van der Waals surface area contributed by atoms with E-state index >= 15 is 0 Å². The summed E-state index contributed by atoms with van der Waals surface area (Å²) in [4.78, 5) is 11.1. The molecule has 0 aliphatic heterocycles. The number of hydrogen-bond acceptors (Lipinski definition) is 2. The Morgan fingerprint density at radius 3 is 2.36 bits per heavy atom. The van der Waals surface area contributed by atoms with Crippen LogP contribution in [0.1, 0.15) is 12.8 Å². The van der Waals surface area contributed by atoms with Crippen LogP contribution in [0.15, 0.2) is 9.47 Å². The molecule has 4 heteroatoms. The molecule has 0 unspecified atom stereocenters. The van der Waals surface area contributed by atoms with E-state index in [4.69, 9.17) is 0 Å². The Balaban J connectivity index is 2.68. The molecular formula is C7H8Br2O2. The Morgan fingerprint density at radius 2 is 2.09 bits per heavy atom. The Hall–Kier alpha value is 0.170. The average Bonchev–Trinajstić information content (AvgIpc) is 2.67. The van der Waals surface area contributed by atoms with Crippen molar-refractivity contribution in [2.45, 2.75) is 12.8 Å². The van der Waals surface area contributed by atoms with Gasteiger partial charge >= 0.3 is 5.97 Å². The Kier molecular flexibility index (Phi) is 2.75. The largest absolute Gasteiger partial charge is 0.468 e. The van der Waals surface area contributed by atoms with E-state index in [1.807, 2.05) is 6.08 Å². The van der Waals surface area contributed by atoms with Crippen LogP contribution < -0.4 is 0 Å². The van der Waals surface area contributed by atoms with Crippen LogP contribution in [0.2, 0.25) is 0 Å². The molecule has 0 bridgehead atoms. The zero-order valence-electron chi connectivity index (χ0n) is 6.06. The van der Waals surface area contributed by atoms with Crippen molar-refractivity contribution >= 4 is 37.8 Å². The number of ether oxygens (including phenoxy) is 1. The van der Waals surface area contributed by atoms with Gasteiger partial charge in [-0.25, -0.2) is 0 Å². The van der Waals surface area contributed by atoms with E-state index in [0.29, 0.717) is 0 Å². The smallest absolute Gasteiger partial charge is 0.315 e. The van der Waals surface area contributed by atoms with Crippen LogP contribution in [0.25, 0.3) is 0 Å². The van der Waals surface area contributed by atoms with E-state index in [9.17, 15) is 4.79 Å². The molecule has 0 radical (unpaired) electrons. The van der Waals surface area contributed by atoms with E-state index < -0.39 is 0 Å². The molecule has 11 heavy (non-hydrogen) atoms. The van der Waals surface area contributed by atoms with Crippen molar-refractivity contribution in [3.8, 4) is 0 Å². The molecular weight excluding hydrogens is 276 g/mol. The fraction of sp³-hybridized carbons (Fsp3) is 0.571. The summed E-state index contributed by atoms with van der Waals surface area (Å²) in [6, 6.07) is 0. The lowest BCUT2D eigenvalue weighted by atomic mass is 10.1. The monoisotopic (exact) mass is 282 g/mol. The Bertz CT molecular complexity index is 202. The fourth-order valence-electron chi connectivity index (χ4n) is 0.954. The number of halogens is 2. The van der Waals surface area contributed by atoms with Gasteiger partial charge in [0.1, 0.15) is 0 Å². The molecule has 0 atom stereocenters. The SMILES string of the molecule is COC(=O)C1(C=C(Br)Br)CC1. The number of carbonyl (C=O) groups is 1. The number of carbonyl (C=O) groups excluding carboxylic acids is 1. The van der Waals surface area contributed by atoms with Crippen LogP contribution >= 0.6 is 31.9 Å². The molecule has 0 aromatic heterocycles. The molecule has 0 aromatic carbocycles. The molecule has 2 nitrogen and oxygen atoms in total. The van der Waals surface area contributed by atoms with Crippen molar-refractivity contribution in [2.24, 2.45) is 5.41 Å². The summed E-state index contributed by atoms with van der Waals surface area (Å²) in [5, 5.41) is 0. The third-order valence-corrected chi connectivity index (χ3v) is 2.22. The van der Waals surface area contributed by atoms with Gasteiger partial charge in [-0.1, -0.05) is 0 Å². The molecule has 1 saturated carbocycles. The second kappa shape index (κ2) is 3.27. The Morgan fingerprint density at radius 1 is 1.55 bits per heavy atom. The summed E-state index contributed by atoms with van der Waals surface area (Å²) in [6.07, 6.45) is 3.62. The van der Waals surface area contributed by atoms with Gasteiger partial charge in [0.25, 0.3) is 0 Å². The molecule has 1 fully saturated rings. The third kappa shape index (κ3) is 2.06. The van der Waals surface area contributed by atoms with Crippen molar-refractivity contribution in [3.63, 3.8) is 0 Å². The standard InChI is InChI=1S/C7H8Br2O2/c1-11-6(10)7(2-3-7)4-5(8)9/h4H,2-3H2,1H3. The van der Waals surface area contributed by atoms with Gasteiger partial charge in [0.15, 0.2) is 0 Å². The number of methoxy groups -OCH3 is 1. The minimum absolute atomic E-state index is 0.145. The number of hydrogen-bond donors (Lipinski definition) is 0. The van der Waals surface area contributed by atoms with Gasteiger partial charge < -0.3 is 4.74 Å². The quantitative estimate of drug-likeness (QED) is 0.728. The predicted molar refractivity (Wildman–Crippen MR) is 49.6 cm³/mol. The van der Waals surface area contributed by atoms with Gasteiger partial charge in [0.05, 0.1) is 15.9 Å². The molecule has 0 spiro atoms. The maximum absolute atomic E-state index is 11.1. The fourth-order valence-corrected chi connectivity index (χ4v) is 1.83. The van der Waals surface area contributed by atoms with E-state index in [-0.39, 0.29) is 11.4 Å². The normalized spacial score (nSPS) is 18.8. The molecule has 0 heterocycles. The molecule has 1 rings (SSSR count). The summed E-state index contributed by atoms with van der Waals surface area (Å²) in [5.74, 6) is -0.145. The van der Waals surface area contributed by atoms with Crippen LogP contribution in [0.4, 0.5) is 0 Å². The highest BCUT2D eigenvalue weighted by Crippen LogP contribution is 2.49. The van der Waals surface area contributed by atoms with E-state index in [2.05, 4.69) is 36.6 Å². The second-order valence-electron chi connectivity index (χ2n) is 2.58. The van der Waals surface area contributed by atoms with Gasteiger partial charge in [0.2, 0.25) is 0 Å². The average molecular weight is 284 g/mol. The molecule has 1 aliphatic rings. The van der Waals surface area contributed by atoms with Crippen LogP contribution in [0.3, 0.4) is 0 Å². The highest BCUT2D eigenvalue weighted by molar-refractivity contribution is 9.28.